The Bertz CT molecular complexity index is 272. The lowest BCUT2D eigenvalue weighted by Crippen LogP contribution is -2.35. The summed E-state index contributed by atoms with van der Waals surface area (Å²) in [6.45, 7) is 0.415. The Balaban J connectivity index is 2.19. The van der Waals surface area contributed by atoms with Gasteiger partial charge in [0.05, 0.1) is 13.1 Å². The van der Waals surface area contributed by atoms with Crippen LogP contribution in [0.4, 0.5) is 4.79 Å². The van der Waals surface area contributed by atoms with Crippen molar-refractivity contribution in [2.45, 2.75) is 6.54 Å². The zero-order chi connectivity index (χ0) is 9.52. The van der Waals surface area contributed by atoms with Crippen LogP contribution in [0.5, 0.6) is 0 Å². The van der Waals surface area contributed by atoms with Crippen LogP contribution in [0.15, 0.2) is 17.5 Å². The third-order valence-corrected chi connectivity index (χ3v) is 2.20. The molecule has 0 fully saturated rings. The first-order valence-electron chi connectivity index (χ1n) is 3.72. The fourth-order valence-corrected chi connectivity index (χ4v) is 1.40. The molecular formula is C8H9N2O2S. The minimum absolute atomic E-state index is 0.0731. The lowest BCUT2D eigenvalue weighted by atomic mass is 10.5. The van der Waals surface area contributed by atoms with Crippen molar-refractivity contribution in [1.29, 1.82) is 0 Å². The first-order valence-corrected chi connectivity index (χ1v) is 4.60. The van der Waals surface area contributed by atoms with Gasteiger partial charge in [0, 0.05) is 4.88 Å². The Hall–Kier alpha value is -1.36. The van der Waals surface area contributed by atoms with Crippen molar-refractivity contribution in [2.24, 2.45) is 0 Å². The number of urea groups is 1. The molecule has 0 bridgehead atoms. The first kappa shape index (κ1) is 9.73. The zero-order valence-electron chi connectivity index (χ0n) is 6.87. The maximum absolute atomic E-state index is 10.9. The Morgan fingerprint density at radius 3 is 3.00 bits per heavy atom. The Morgan fingerprint density at radius 2 is 2.38 bits per heavy atom. The third-order valence-electron chi connectivity index (χ3n) is 1.32. The monoisotopic (exact) mass is 197 g/mol. The summed E-state index contributed by atoms with van der Waals surface area (Å²) >= 11 is 1.57. The van der Waals surface area contributed by atoms with Crippen molar-refractivity contribution < 1.29 is 9.59 Å². The molecule has 1 aromatic rings. The van der Waals surface area contributed by atoms with E-state index in [1.54, 1.807) is 17.6 Å². The molecule has 1 aromatic heterocycles. The van der Waals surface area contributed by atoms with E-state index in [0.29, 0.717) is 6.54 Å². The van der Waals surface area contributed by atoms with Gasteiger partial charge in [0.2, 0.25) is 6.29 Å². The van der Waals surface area contributed by atoms with Crippen LogP contribution in [0.25, 0.3) is 0 Å². The maximum Gasteiger partial charge on any atom is 0.315 e. The topological polar surface area (TPSA) is 58.2 Å². The largest absolute Gasteiger partial charge is 0.333 e. The predicted octanol–water partition coefficient (Wildman–Crippen LogP) is 0.657. The van der Waals surface area contributed by atoms with Gasteiger partial charge in [-0.05, 0) is 11.4 Å². The lowest BCUT2D eigenvalue weighted by molar-refractivity contribution is 0.241. The number of amides is 2. The molecule has 1 radical (unpaired) electrons. The zero-order valence-corrected chi connectivity index (χ0v) is 7.69. The van der Waals surface area contributed by atoms with Crippen LogP contribution in [-0.4, -0.2) is 18.9 Å². The SMILES string of the molecule is O=[C]CNC(=O)NCc1cccs1. The average Bonchev–Trinajstić information content (AvgIpc) is 2.64. The van der Waals surface area contributed by atoms with Gasteiger partial charge in [0.15, 0.2) is 0 Å². The van der Waals surface area contributed by atoms with E-state index >= 15 is 0 Å². The summed E-state index contributed by atoms with van der Waals surface area (Å²) in [6, 6.07) is 3.49. The highest BCUT2D eigenvalue weighted by Gasteiger charge is 1.98. The first-order chi connectivity index (χ1) is 6.33. The van der Waals surface area contributed by atoms with E-state index in [2.05, 4.69) is 10.6 Å². The van der Waals surface area contributed by atoms with Gasteiger partial charge in [-0.3, -0.25) is 4.79 Å². The maximum atomic E-state index is 10.9. The van der Waals surface area contributed by atoms with Crippen molar-refractivity contribution in [3.8, 4) is 0 Å². The molecule has 4 nitrogen and oxygen atoms in total. The quantitative estimate of drug-likeness (QED) is 0.744. The highest BCUT2D eigenvalue weighted by atomic mass is 32.1. The second kappa shape index (κ2) is 5.31. The molecule has 1 rings (SSSR count). The van der Waals surface area contributed by atoms with Crippen LogP contribution >= 0.6 is 11.3 Å². The molecule has 69 valence electrons. The van der Waals surface area contributed by atoms with Gasteiger partial charge in [0.1, 0.15) is 0 Å². The van der Waals surface area contributed by atoms with Gasteiger partial charge in [-0.25, -0.2) is 4.79 Å². The van der Waals surface area contributed by atoms with E-state index in [0.717, 1.165) is 4.88 Å². The fourth-order valence-electron chi connectivity index (χ4n) is 0.759. The summed E-state index contributed by atoms with van der Waals surface area (Å²) in [5.74, 6) is 0. The molecule has 0 aromatic carbocycles. The summed E-state index contributed by atoms with van der Waals surface area (Å²) < 4.78 is 0. The van der Waals surface area contributed by atoms with Crippen LogP contribution in [0.1, 0.15) is 4.88 Å². The van der Waals surface area contributed by atoms with Gasteiger partial charge >= 0.3 is 6.03 Å². The molecule has 0 saturated carbocycles. The number of nitrogens with one attached hydrogen (secondary N) is 2. The minimum Gasteiger partial charge on any atom is -0.333 e. The standard InChI is InChI=1S/C8H9N2O2S/c11-4-3-9-8(12)10-6-7-2-1-5-13-7/h1-2,5H,3,6H2,(H2,9,10,12). The molecule has 0 spiro atoms. The Kier molecular flexibility index (Phi) is 3.98. The van der Waals surface area contributed by atoms with E-state index in [-0.39, 0.29) is 12.6 Å². The molecule has 0 atom stereocenters. The number of rotatable bonds is 4. The highest BCUT2D eigenvalue weighted by Crippen LogP contribution is 2.06. The summed E-state index contributed by atoms with van der Waals surface area (Å²) in [5, 5.41) is 6.87. The van der Waals surface area contributed by atoms with E-state index in [4.69, 9.17) is 0 Å². The number of hydrogen-bond acceptors (Lipinski definition) is 3. The van der Waals surface area contributed by atoms with Gasteiger partial charge in [0.25, 0.3) is 0 Å². The van der Waals surface area contributed by atoms with E-state index in [9.17, 15) is 9.59 Å². The van der Waals surface area contributed by atoms with Crippen molar-refractivity contribution >= 4 is 23.7 Å². The third kappa shape index (κ3) is 3.71. The minimum atomic E-state index is -0.350. The van der Waals surface area contributed by atoms with Crippen molar-refractivity contribution in [1.82, 2.24) is 10.6 Å². The summed E-state index contributed by atoms with van der Waals surface area (Å²) in [7, 11) is 0. The molecule has 13 heavy (non-hydrogen) atoms. The average molecular weight is 197 g/mol. The number of hydrogen-bond donors (Lipinski definition) is 2. The molecule has 0 aliphatic rings. The van der Waals surface area contributed by atoms with Crippen molar-refractivity contribution in [3.63, 3.8) is 0 Å². The molecule has 0 saturated heterocycles. The molecule has 2 N–H and O–H groups in total. The van der Waals surface area contributed by atoms with Gasteiger partial charge < -0.3 is 10.6 Å². The lowest BCUT2D eigenvalue weighted by Gasteiger charge is -2.02. The molecule has 5 heteroatoms. The van der Waals surface area contributed by atoms with Gasteiger partial charge in [-0.1, -0.05) is 6.07 Å². The number of thiophene rings is 1. The van der Waals surface area contributed by atoms with Crippen LogP contribution in [0.3, 0.4) is 0 Å². The second-order valence-corrected chi connectivity index (χ2v) is 3.29. The molecule has 1 heterocycles. The Morgan fingerprint density at radius 1 is 1.54 bits per heavy atom. The molecule has 0 unspecified atom stereocenters. The van der Waals surface area contributed by atoms with Crippen LogP contribution in [0.2, 0.25) is 0 Å². The molecular weight excluding hydrogens is 188 g/mol. The summed E-state index contributed by atoms with van der Waals surface area (Å²) in [4.78, 5) is 21.8. The highest BCUT2D eigenvalue weighted by molar-refractivity contribution is 7.09. The fraction of sp³-hybridized carbons (Fsp3) is 0.250. The number of carbonyl (C=O) groups is 1. The molecule has 0 aliphatic heterocycles. The summed E-state index contributed by atoms with van der Waals surface area (Å²) in [6.07, 6.45) is 1.57. The smallest absolute Gasteiger partial charge is 0.315 e. The normalized spacial score (nSPS) is 9.23. The Labute approximate surface area is 80.0 Å². The number of carbonyl (C=O) groups excluding carboxylic acids is 2. The molecule has 2 amide bonds. The second-order valence-electron chi connectivity index (χ2n) is 2.26. The van der Waals surface area contributed by atoms with Crippen LogP contribution in [0, 0.1) is 0 Å². The predicted molar refractivity (Wildman–Crippen MR) is 50.3 cm³/mol. The van der Waals surface area contributed by atoms with Crippen molar-refractivity contribution in [3.05, 3.63) is 22.4 Å². The van der Waals surface area contributed by atoms with Gasteiger partial charge in [-0.2, -0.15) is 0 Å². The van der Waals surface area contributed by atoms with Crippen LogP contribution in [-0.2, 0) is 11.3 Å². The van der Waals surface area contributed by atoms with E-state index in [1.807, 2.05) is 17.5 Å². The van der Waals surface area contributed by atoms with E-state index in [1.165, 1.54) is 0 Å². The van der Waals surface area contributed by atoms with Crippen molar-refractivity contribution in [2.75, 3.05) is 6.54 Å². The summed E-state index contributed by atoms with van der Waals surface area (Å²) in [5.41, 5.74) is 0. The van der Waals surface area contributed by atoms with E-state index < -0.39 is 0 Å². The van der Waals surface area contributed by atoms with Crippen LogP contribution < -0.4 is 10.6 Å². The van der Waals surface area contributed by atoms with Gasteiger partial charge in [-0.15, -0.1) is 11.3 Å². The molecule has 0 aliphatic carbocycles.